The molecule has 0 saturated carbocycles. The van der Waals surface area contributed by atoms with Gasteiger partial charge in [-0.3, -0.25) is 0 Å². The first-order valence-electron chi connectivity index (χ1n) is 7.47. The van der Waals surface area contributed by atoms with Gasteiger partial charge in [-0.1, -0.05) is 37.3 Å². The first-order valence-corrected chi connectivity index (χ1v) is 14.7. The normalized spacial score (nSPS) is 12.1. The van der Waals surface area contributed by atoms with Gasteiger partial charge in [0.25, 0.3) is 0 Å². The van der Waals surface area contributed by atoms with Crippen molar-refractivity contribution in [2.45, 2.75) is 39.3 Å². The first-order chi connectivity index (χ1) is 9.99. The molecule has 0 unspecified atom stereocenters. The van der Waals surface area contributed by atoms with Crippen LogP contribution in [0, 0.1) is 0 Å². The van der Waals surface area contributed by atoms with Gasteiger partial charge in [0.05, 0.1) is 6.61 Å². The Morgan fingerprint density at radius 1 is 1.23 bits per heavy atom. The zero-order valence-corrected chi connectivity index (χ0v) is 17.1. The van der Waals surface area contributed by atoms with E-state index in [1.807, 2.05) is 16.7 Å². The number of hydrogen-bond donors (Lipinski definition) is 1. The summed E-state index contributed by atoms with van der Waals surface area (Å²) in [7, 11) is -3.35. The number of nitrogens with one attached hydrogen (secondary N) is 1. The van der Waals surface area contributed by atoms with Gasteiger partial charge in [-0.15, -0.1) is 0 Å². The van der Waals surface area contributed by atoms with Crippen LogP contribution in [-0.4, -0.2) is 40.3 Å². The number of nitrogens with zero attached hydrogens (tertiary/aromatic N) is 1. The molecule has 22 heavy (non-hydrogen) atoms. The van der Waals surface area contributed by atoms with Crippen molar-refractivity contribution in [1.29, 1.82) is 0 Å². The number of carbonyl (C=O) groups excluding carboxylic acids is 1. The second kappa shape index (κ2) is 7.63. The minimum atomic E-state index is -1.79. The molecular formula is C15H27ClN2O2Si2. The summed E-state index contributed by atoms with van der Waals surface area (Å²) in [5.74, 6) is 0. The van der Waals surface area contributed by atoms with E-state index >= 15 is 0 Å². The fourth-order valence-corrected chi connectivity index (χ4v) is 4.26. The van der Waals surface area contributed by atoms with Gasteiger partial charge in [-0.2, -0.15) is 0 Å². The lowest BCUT2D eigenvalue weighted by molar-refractivity contribution is 0.221. The number of hydrogen-bond acceptors (Lipinski definition) is 2. The minimum absolute atomic E-state index is 0.0828. The topological polar surface area (TPSA) is 41.6 Å². The van der Waals surface area contributed by atoms with E-state index < -0.39 is 16.6 Å². The molecule has 0 fully saturated rings. The van der Waals surface area contributed by atoms with E-state index in [0.29, 0.717) is 23.9 Å². The highest BCUT2D eigenvalue weighted by molar-refractivity contribution is 6.75. The summed E-state index contributed by atoms with van der Waals surface area (Å²) in [6, 6.07) is 7.12. The zero-order chi connectivity index (χ0) is 17.0. The van der Waals surface area contributed by atoms with Gasteiger partial charge < -0.3 is 14.3 Å². The van der Waals surface area contributed by atoms with Crippen molar-refractivity contribution in [3.05, 3.63) is 29.3 Å². The lowest BCUT2D eigenvalue weighted by Crippen LogP contribution is -2.53. The Balaban J connectivity index is 2.73. The second-order valence-electron chi connectivity index (χ2n) is 7.22. The van der Waals surface area contributed by atoms with Crippen LogP contribution in [0.25, 0.3) is 0 Å². The molecule has 0 aromatic heterocycles. The average molecular weight is 359 g/mol. The molecule has 1 N–H and O–H groups in total. The molecule has 0 aliphatic carbocycles. The van der Waals surface area contributed by atoms with Crippen molar-refractivity contribution in [3.8, 4) is 0 Å². The lowest BCUT2D eigenvalue weighted by Gasteiger charge is -2.35. The highest BCUT2D eigenvalue weighted by Gasteiger charge is 2.29. The molecule has 0 radical (unpaired) electrons. The molecule has 7 heteroatoms. The van der Waals surface area contributed by atoms with E-state index in [4.69, 9.17) is 16.0 Å². The summed E-state index contributed by atoms with van der Waals surface area (Å²) >= 11 is 5.96. The Labute approximate surface area is 141 Å². The highest BCUT2D eigenvalue weighted by Crippen LogP contribution is 2.17. The maximum atomic E-state index is 12.6. The molecule has 124 valence electrons. The number of amides is 2. The van der Waals surface area contributed by atoms with Crippen LogP contribution in [-0.2, 0) is 4.43 Å². The average Bonchev–Trinajstić information content (AvgIpc) is 2.31. The third kappa shape index (κ3) is 6.96. The standard InChI is InChI=1S/C15H27ClN2O2Si2/c1-21(2,3)18(10-11-20-22(4,5)6)15(19)17-14-9-7-8-13(16)12-14/h7-9,12H,10-11H2,1-6H3,(H,17,19). The molecule has 0 bridgehead atoms. The number of halogens is 1. The van der Waals surface area contributed by atoms with Crippen LogP contribution < -0.4 is 5.32 Å². The minimum Gasteiger partial charge on any atom is -0.416 e. The first kappa shape index (κ1) is 19.2. The molecule has 0 spiro atoms. The number of anilines is 1. The Morgan fingerprint density at radius 2 is 1.86 bits per heavy atom. The molecule has 0 atom stereocenters. The number of urea groups is 1. The quantitative estimate of drug-likeness (QED) is 0.737. The van der Waals surface area contributed by atoms with Gasteiger partial charge >= 0.3 is 6.03 Å². The van der Waals surface area contributed by atoms with E-state index in [2.05, 4.69) is 44.6 Å². The zero-order valence-electron chi connectivity index (χ0n) is 14.4. The Morgan fingerprint density at radius 3 is 2.36 bits per heavy atom. The molecule has 0 heterocycles. The van der Waals surface area contributed by atoms with Gasteiger partial charge in [0, 0.05) is 17.3 Å². The number of rotatable bonds is 6. The van der Waals surface area contributed by atoms with Gasteiger partial charge in [-0.25, -0.2) is 4.79 Å². The largest absolute Gasteiger partial charge is 0.416 e. The molecule has 4 nitrogen and oxygen atoms in total. The predicted molar refractivity (Wildman–Crippen MR) is 99.8 cm³/mol. The van der Waals surface area contributed by atoms with Crippen LogP contribution in [0.15, 0.2) is 24.3 Å². The Bertz CT molecular complexity index is 513. The van der Waals surface area contributed by atoms with E-state index in [1.165, 1.54) is 0 Å². The van der Waals surface area contributed by atoms with Crippen molar-refractivity contribution in [2.75, 3.05) is 18.5 Å². The maximum Gasteiger partial charge on any atom is 0.313 e. The van der Waals surface area contributed by atoms with Crippen molar-refractivity contribution in [1.82, 2.24) is 4.57 Å². The summed E-state index contributed by atoms with van der Waals surface area (Å²) in [6.07, 6.45) is 0. The van der Waals surface area contributed by atoms with Gasteiger partial charge in [0.1, 0.15) is 0 Å². The summed E-state index contributed by atoms with van der Waals surface area (Å²) in [5, 5.41) is 3.54. The Hall–Kier alpha value is -0.826. The van der Waals surface area contributed by atoms with Gasteiger partial charge in [0.2, 0.25) is 0 Å². The number of benzene rings is 1. The highest BCUT2D eigenvalue weighted by atomic mass is 35.5. The predicted octanol–water partition coefficient (Wildman–Crippen LogP) is 4.86. The smallest absolute Gasteiger partial charge is 0.313 e. The van der Waals surface area contributed by atoms with E-state index in [1.54, 1.807) is 12.1 Å². The molecular weight excluding hydrogens is 332 g/mol. The Kier molecular flexibility index (Phi) is 6.67. The second-order valence-corrected chi connectivity index (χ2v) is 17.1. The van der Waals surface area contributed by atoms with E-state index in [-0.39, 0.29) is 6.03 Å². The fraction of sp³-hybridized carbons (Fsp3) is 0.533. The van der Waals surface area contributed by atoms with Crippen molar-refractivity contribution < 1.29 is 9.22 Å². The summed E-state index contributed by atoms with van der Waals surface area (Å²) < 4.78 is 7.82. The fourth-order valence-electron chi connectivity index (χ4n) is 1.94. The van der Waals surface area contributed by atoms with Crippen LogP contribution in [0.4, 0.5) is 10.5 Å². The summed E-state index contributed by atoms with van der Waals surface area (Å²) in [6.45, 7) is 14.1. The molecule has 0 aliphatic rings. The van der Waals surface area contributed by atoms with Crippen molar-refractivity contribution in [3.63, 3.8) is 0 Å². The molecule has 1 aromatic rings. The maximum absolute atomic E-state index is 12.6. The van der Waals surface area contributed by atoms with Crippen LogP contribution in [0.5, 0.6) is 0 Å². The van der Waals surface area contributed by atoms with Gasteiger partial charge in [0.15, 0.2) is 16.6 Å². The van der Waals surface area contributed by atoms with Crippen LogP contribution in [0.1, 0.15) is 0 Å². The molecule has 0 saturated heterocycles. The lowest BCUT2D eigenvalue weighted by atomic mass is 10.3. The van der Waals surface area contributed by atoms with Gasteiger partial charge in [-0.05, 0) is 37.8 Å². The molecule has 2 amide bonds. The van der Waals surface area contributed by atoms with Crippen molar-refractivity contribution >= 4 is 39.9 Å². The summed E-state index contributed by atoms with van der Waals surface area (Å²) in [5.41, 5.74) is 0.715. The number of carbonyl (C=O) groups is 1. The van der Waals surface area contributed by atoms with Crippen molar-refractivity contribution in [2.24, 2.45) is 0 Å². The molecule has 1 rings (SSSR count). The summed E-state index contributed by atoms with van der Waals surface area (Å²) in [4.78, 5) is 12.6. The van der Waals surface area contributed by atoms with E-state index in [0.717, 1.165) is 0 Å². The third-order valence-electron chi connectivity index (χ3n) is 2.98. The monoisotopic (exact) mass is 358 g/mol. The third-order valence-corrected chi connectivity index (χ3v) is 6.33. The molecule has 1 aromatic carbocycles. The van der Waals surface area contributed by atoms with Crippen LogP contribution in [0.2, 0.25) is 44.3 Å². The van der Waals surface area contributed by atoms with E-state index in [9.17, 15) is 4.79 Å². The molecule has 0 aliphatic heterocycles. The van der Waals surface area contributed by atoms with Crippen LogP contribution in [0.3, 0.4) is 0 Å². The SMILES string of the molecule is C[Si](C)(C)OCCN(C(=O)Nc1cccc(Cl)c1)[Si](C)(C)C. The van der Waals surface area contributed by atoms with Crippen LogP contribution >= 0.6 is 11.6 Å².